The molecular weight excluding hydrogens is 446 g/mol. The monoisotopic (exact) mass is 485 g/mol. The number of carbonyl (C=O) groups is 3. The van der Waals surface area contributed by atoms with Crippen LogP contribution in [-0.4, -0.2) is 84.6 Å². The van der Waals surface area contributed by atoms with Crippen molar-refractivity contribution in [3.63, 3.8) is 0 Å². The Balaban J connectivity index is 1.94. The minimum atomic E-state index is -0.583. The number of esters is 1. The van der Waals surface area contributed by atoms with Crippen molar-refractivity contribution in [2.75, 3.05) is 45.9 Å². The van der Waals surface area contributed by atoms with Gasteiger partial charge in [-0.3, -0.25) is 9.80 Å². The van der Waals surface area contributed by atoms with Gasteiger partial charge < -0.3 is 20.3 Å². The standard InChI is InChI=1S/C26H39N5O4/c1-6-31-21(17-29-13-10-14-30(16-15-29)25(33)27-18(3)4)22(24(32)35-7-2)23(28-26(31)34)20-12-9-8-11-19(20)5/h8-9,11-12,18,23H,6-7,10,13-17H2,1-5H3,(H,27,33)(H,28,34)/t23-/m1/s1. The highest BCUT2D eigenvalue weighted by Crippen LogP contribution is 2.33. The second-order valence-corrected chi connectivity index (χ2v) is 9.29. The Morgan fingerprint density at radius 3 is 2.54 bits per heavy atom. The van der Waals surface area contributed by atoms with Crippen LogP contribution in [0.1, 0.15) is 51.3 Å². The Bertz CT molecular complexity index is 961. The maximum Gasteiger partial charge on any atom is 0.338 e. The van der Waals surface area contributed by atoms with E-state index >= 15 is 0 Å². The summed E-state index contributed by atoms with van der Waals surface area (Å²) in [7, 11) is 0. The molecule has 9 heteroatoms. The van der Waals surface area contributed by atoms with Gasteiger partial charge >= 0.3 is 18.0 Å². The van der Waals surface area contributed by atoms with Gasteiger partial charge in [-0.1, -0.05) is 24.3 Å². The number of nitrogens with zero attached hydrogens (tertiary/aromatic N) is 3. The van der Waals surface area contributed by atoms with Crippen LogP contribution in [0.5, 0.6) is 0 Å². The first-order valence-corrected chi connectivity index (χ1v) is 12.6. The number of hydrogen-bond donors (Lipinski definition) is 2. The number of benzene rings is 1. The highest BCUT2D eigenvalue weighted by molar-refractivity contribution is 5.95. The van der Waals surface area contributed by atoms with Crippen LogP contribution >= 0.6 is 0 Å². The lowest BCUT2D eigenvalue weighted by Gasteiger charge is -2.38. The normalized spacial score (nSPS) is 19.5. The molecule has 4 amide bonds. The molecular formula is C26H39N5O4. The molecule has 0 aliphatic carbocycles. The average molecular weight is 486 g/mol. The number of hydrogen-bond acceptors (Lipinski definition) is 5. The van der Waals surface area contributed by atoms with Crippen LogP contribution in [-0.2, 0) is 9.53 Å². The second-order valence-electron chi connectivity index (χ2n) is 9.29. The average Bonchev–Trinajstić information content (AvgIpc) is 3.04. The fraction of sp³-hybridized carbons (Fsp3) is 0.577. The first-order chi connectivity index (χ1) is 16.8. The van der Waals surface area contributed by atoms with Crippen LogP contribution in [0, 0.1) is 6.92 Å². The van der Waals surface area contributed by atoms with Crippen molar-refractivity contribution >= 4 is 18.0 Å². The Labute approximate surface area is 208 Å². The molecule has 0 saturated carbocycles. The van der Waals surface area contributed by atoms with E-state index in [0.717, 1.165) is 24.1 Å². The van der Waals surface area contributed by atoms with Crippen molar-refractivity contribution in [3.05, 3.63) is 46.7 Å². The van der Waals surface area contributed by atoms with Gasteiger partial charge in [-0.15, -0.1) is 0 Å². The molecule has 0 bridgehead atoms. The summed E-state index contributed by atoms with van der Waals surface area (Å²) >= 11 is 0. The Kier molecular flexibility index (Phi) is 9.14. The van der Waals surface area contributed by atoms with Gasteiger partial charge in [0.15, 0.2) is 0 Å². The molecule has 2 N–H and O–H groups in total. The fourth-order valence-electron chi connectivity index (χ4n) is 4.68. The molecule has 35 heavy (non-hydrogen) atoms. The molecule has 1 saturated heterocycles. The van der Waals surface area contributed by atoms with E-state index in [1.807, 2.05) is 56.9 Å². The Morgan fingerprint density at radius 1 is 1.14 bits per heavy atom. The van der Waals surface area contributed by atoms with Crippen LogP contribution in [0.4, 0.5) is 9.59 Å². The molecule has 0 unspecified atom stereocenters. The zero-order valence-electron chi connectivity index (χ0n) is 21.6. The quantitative estimate of drug-likeness (QED) is 0.579. The van der Waals surface area contributed by atoms with Crippen molar-refractivity contribution in [2.24, 2.45) is 0 Å². The summed E-state index contributed by atoms with van der Waals surface area (Å²) < 4.78 is 5.48. The van der Waals surface area contributed by atoms with E-state index in [1.165, 1.54) is 0 Å². The number of nitrogens with one attached hydrogen (secondary N) is 2. The first kappa shape index (κ1) is 26.5. The third kappa shape index (κ3) is 6.33. The maximum atomic E-state index is 13.3. The minimum absolute atomic E-state index is 0.0554. The molecule has 1 aromatic rings. The first-order valence-electron chi connectivity index (χ1n) is 12.6. The summed E-state index contributed by atoms with van der Waals surface area (Å²) in [5, 5.41) is 5.99. The zero-order chi connectivity index (χ0) is 25.5. The number of urea groups is 2. The molecule has 2 aliphatic heterocycles. The van der Waals surface area contributed by atoms with Gasteiger partial charge in [-0.25, -0.2) is 14.4 Å². The highest BCUT2D eigenvalue weighted by Gasteiger charge is 2.38. The predicted octanol–water partition coefficient (Wildman–Crippen LogP) is 3.02. The van der Waals surface area contributed by atoms with E-state index in [1.54, 1.807) is 11.8 Å². The number of likely N-dealkylation sites (N-methyl/N-ethyl adjacent to an activating group) is 1. The van der Waals surface area contributed by atoms with Gasteiger partial charge in [-0.2, -0.15) is 0 Å². The van der Waals surface area contributed by atoms with Gasteiger partial charge in [0.25, 0.3) is 0 Å². The van der Waals surface area contributed by atoms with Gasteiger partial charge in [0.05, 0.1) is 18.2 Å². The molecule has 0 radical (unpaired) electrons. The topological polar surface area (TPSA) is 94.2 Å². The summed E-state index contributed by atoms with van der Waals surface area (Å²) in [5.41, 5.74) is 3.01. The SMILES string of the molecule is CCOC(=O)C1=C(CN2CCCN(C(=O)NC(C)C)CC2)N(CC)C(=O)N[C@@H]1c1ccccc1C. The van der Waals surface area contributed by atoms with Crippen LogP contribution in [0.15, 0.2) is 35.5 Å². The van der Waals surface area contributed by atoms with Crippen LogP contribution in [0.2, 0.25) is 0 Å². The lowest BCUT2D eigenvalue weighted by atomic mass is 9.91. The van der Waals surface area contributed by atoms with Gasteiger partial charge in [0.1, 0.15) is 0 Å². The van der Waals surface area contributed by atoms with Gasteiger partial charge in [0.2, 0.25) is 0 Å². The fourth-order valence-corrected chi connectivity index (χ4v) is 4.68. The third-order valence-electron chi connectivity index (χ3n) is 6.41. The number of ether oxygens (including phenoxy) is 1. The molecule has 192 valence electrons. The predicted molar refractivity (Wildman–Crippen MR) is 135 cm³/mol. The minimum Gasteiger partial charge on any atom is -0.463 e. The smallest absolute Gasteiger partial charge is 0.338 e. The second kappa shape index (κ2) is 12.1. The third-order valence-corrected chi connectivity index (χ3v) is 6.41. The molecule has 0 spiro atoms. The Hall–Kier alpha value is -3.07. The molecule has 1 aromatic carbocycles. The van der Waals surface area contributed by atoms with E-state index in [4.69, 9.17) is 4.74 Å². The zero-order valence-corrected chi connectivity index (χ0v) is 21.6. The van der Waals surface area contributed by atoms with Crippen LogP contribution in [0.3, 0.4) is 0 Å². The molecule has 1 fully saturated rings. The number of rotatable bonds is 7. The van der Waals surface area contributed by atoms with Crippen molar-refractivity contribution < 1.29 is 19.1 Å². The Morgan fingerprint density at radius 2 is 1.89 bits per heavy atom. The van der Waals surface area contributed by atoms with E-state index in [2.05, 4.69) is 15.5 Å². The lowest BCUT2D eigenvalue weighted by Crippen LogP contribution is -2.51. The van der Waals surface area contributed by atoms with Crippen molar-refractivity contribution in [2.45, 2.75) is 53.1 Å². The van der Waals surface area contributed by atoms with Crippen molar-refractivity contribution in [1.82, 2.24) is 25.3 Å². The number of carbonyl (C=O) groups excluding carboxylic acids is 3. The molecule has 3 rings (SSSR count). The van der Waals surface area contributed by atoms with E-state index in [0.29, 0.717) is 44.0 Å². The van der Waals surface area contributed by atoms with E-state index < -0.39 is 12.0 Å². The largest absolute Gasteiger partial charge is 0.463 e. The molecule has 1 atom stereocenters. The molecule has 2 heterocycles. The summed E-state index contributed by atoms with van der Waals surface area (Å²) in [6, 6.07) is 6.98. The van der Waals surface area contributed by atoms with Crippen molar-refractivity contribution in [1.29, 1.82) is 0 Å². The molecule has 0 aromatic heterocycles. The van der Waals surface area contributed by atoms with Crippen LogP contribution < -0.4 is 10.6 Å². The van der Waals surface area contributed by atoms with Crippen LogP contribution in [0.25, 0.3) is 0 Å². The van der Waals surface area contributed by atoms with Gasteiger partial charge in [-0.05, 0) is 52.2 Å². The summed E-state index contributed by atoms with van der Waals surface area (Å²) in [4.78, 5) is 44.6. The molecule has 2 aliphatic rings. The van der Waals surface area contributed by atoms with Gasteiger partial charge in [0, 0.05) is 51.0 Å². The lowest BCUT2D eigenvalue weighted by molar-refractivity contribution is -0.139. The highest BCUT2D eigenvalue weighted by atomic mass is 16.5. The molecule has 9 nitrogen and oxygen atoms in total. The number of amides is 4. The van der Waals surface area contributed by atoms with Crippen molar-refractivity contribution in [3.8, 4) is 0 Å². The van der Waals surface area contributed by atoms with E-state index in [9.17, 15) is 14.4 Å². The van der Waals surface area contributed by atoms with E-state index in [-0.39, 0.29) is 24.7 Å². The summed E-state index contributed by atoms with van der Waals surface area (Å²) in [6.07, 6.45) is 0.813. The summed E-state index contributed by atoms with van der Waals surface area (Å²) in [5.74, 6) is -0.415. The summed E-state index contributed by atoms with van der Waals surface area (Å²) in [6.45, 7) is 13.3. The number of aryl methyl sites for hydroxylation is 1. The maximum absolute atomic E-state index is 13.3.